The van der Waals surface area contributed by atoms with Crippen LogP contribution in [0.1, 0.15) is 15.9 Å². The highest BCUT2D eigenvalue weighted by atomic mass is 35.5. The van der Waals surface area contributed by atoms with E-state index in [-0.39, 0.29) is 27.5 Å². The lowest BCUT2D eigenvalue weighted by Crippen LogP contribution is -2.21. The Morgan fingerprint density at radius 2 is 2.04 bits per heavy atom. The first-order valence-corrected chi connectivity index (χ1v) is 7.33. The summed E-state index contributed by atoms with van der Waals surface area (Å²) in [4.78, 5) is 34.1. The maximum atomic E-state index is 12.9. The Balaban J connectivity index is 2.01. The molecule has 2 aromatic carbocycles. The molecule has 0 saturated heterocycles. The largest absolute Gasteiger partial charge is 0.452 e. The molecule has 2 aromatic rings. The van der Waals surface area contributed by atoms with Crippen LogP contribution < -0.4 is 5.32 Å². The van der Waals surface area contributed by atoms with Gasteiger partial charge in [0.1, 0.15) is 5.82 Å². The van der Waals surface area contributed by atoms with Crippen LogP contribution in [-0.4, -0.2) is 23.4 Å². The molecule has 1 amide bonds. The van der Waals surface area contributed by atoms with Gasteiger partial charge in [-0.1, -0.05) is 17.7 Å². The molecule has 0 unspecified atom stereocenters. The van der Waals surface area contributed by atoms with E-state index < -0.39 is 29.2 Å². The number of benzene rings is 2. The molecular formula is C16H12ClFN2O5. The highest BCUT2D eigenvalue weighted by Crippen LogP contribution is 2.23. The summed E-state index contributed by atoms with van der Waals surface area (Å²) >= 11 is 5.77. The highest BCUT2D eigenvalue weighted by Gasteiger charge is 2.19. The minimum Gasteiger partial charge on any atom is -0.452 e. The van der Waals surface area contributed by atoms with E-state index in [9.17, 15) is 24.1 Å². The lowest BCUT2D eigenvalue weighted by atomic mass is 10.1. The number of carbonyl (C=O) groups is 2. The molecule has 0 spiro atoms. The molecule has 0 aliphatic rings. The second kappa shape index (κ2) is 7.71. The smallest absolute Gasteiger partial charge is 0.339 e. The second-order valence-corrected chi connectivity index (χ2v) is 5.36. The van der Waals surface area contributed by atoms with Crippen LogP contribution in [0.25, 0.3) is 0 Å². The van der Waals surface area contributed by atoms with Crippen molar-refractivity contribution in [3.63, 3.8) is 0 Å². The van der Waals surface area contributed by atoms with Crippen LogP contribution in [-0.2, 0) is 9.53 Å². The molecule has 7 nitrogen and oxygen atoms in total. The molecular weight excluding hydrogens is 355 g/mol. The zero-order chi connectivity index (χ0) is 18.6. The number of amides is 1. The molecule has 25 heavy (non-hydrogen) atoms. The number of nitrogens with zero attached hydrogens (tertiary/aromatic N) is 1. The van der Waals surface area contributed by atoms with Crippen molar-refractivity contribution >= 4 is 34.9 Å². The monoisotopic (exact) mass is 366 g/mol. The van der Waals surface area contributed by atoms with Crippen molar-refractivity contribution < 1.29 is 23.6 Å². The SMILES string of the molecule is Cc1c(C(=O)OCC(=O)Nc2ccc(F)cc2Cl)cccc1[N+](=O)[O-]. The molecule has 0 aromatic heterocycles. The number of anilines is 1. The van der Waals surface area contributed by atoms with Crippen molar-refractivity contribution in [1.29, 1.82) is 0 Å². The van der Waals surface area contributed by atoms with Crippen molar-refractivity contribution in [3.8, 4) is 0 Å². The summed E-state index contributed by atoms with van der Waals surface area (Å²) in [6, 6.07) is 7.37. The van der Waals surface area contributed by atoms with Crippen molar-refractivity contribution in [2.24, 2.45) is 0 Å². The zero-order valence-corrected chi connectivity index (χ0v) is 13.7. The Morgan fingerprint density at radius 3 is 2.68 bits per heavy atom. The van der Waals surface area contributed by atoms with Crippen LogP contribution >= 0.6 is 11.6 Å². The number of nitro groups is 1. The third-order valence-corrected chi connectivity index (χ3v) is 3.57. The number of nitro benzene ring substituents is 1. The quantitative estimate of drug-likeness (QED) is 0.496. The van der Waals surface area contributed by atoms with Gasteiger partial charge < -0.3 is 10.1 Å². The predicted molar refractivity (Wildman–Crippen MR) is 88.2 cm³/mol. The van der Waals surface area contributed by atoms with Crippen LogP contribution in [0, 0.1) is 22.9 Å². The highest BCUT2D eigenvalue weighted by molar-refractivity contribution is 6.33. The maximum absolute atomic E-state index is 12.9. The molecule has 130 valence electrons. The van der Waals surface area contributed by atoms with E-state index in [0.717, 1.165) is 12.1 Å². The number of carbonyl (C=O) groups excluding carboxylic acids is 2. The van der Waals surface area contributed by atoms with Gasteiger partial charge in [0, 0.05) is 11.6 Å². The Morgan fingerprint density at radius 1 is 1.32 bits per heavy atom. The topological polar surface area (TPSA) is 98.5 Å². The van der Waals surface area contributed by atoms with E-state index in [2.05, 4.69) is 5.32 Å². The van der Waals surface area contributed by atoms with Gasteiger partial charge in [0.05, 0.1) is 21.2 Å². The van der Waals surface area contributed by atoms with Crippen molar-refractivity contribution in [3.05, 3.63) is 68.5 Å². The Hall–Kier alpha value is -3.00. The Bertz CT molecular complexity index is 856. The van der Waals surface area contributed by atoms with Crippen LogP contribution in [0.15, 0.2) is 36.4 Å². The normalized spacial score (nSPS) is 10.2. The molecule has 0 aliphatic heterocycles. The van der Waals surface area contributed by atoms with Crippen LogP contribution in [0.4, 0.5) is 15.8 Å². The van der Waals surface area contributed by atoms with Crippen LogP contribution in [0.3, 0.4) is 0 Å². The van der Waals surface area contributed by atoms with Gasteiger partial charge in [-0.15, -0.1) is 0 Å². The maximum Gasteiger partial charge on any atom is 0.339 e. The summed E-state index contributed by atoms with van der Waals surface area (Å²) in [6.45, 7) is 0.780. The van der Waals surface area contributed by atoms with E-state index >= 15 is 0 Å². The number of halogens is 2. The Labute approximate surface area is 146 Å². The Kier molecular flexibility index (Phi) is 5.66. The standard InChI is InChI=1S/C16H12ClFN2O5/c1-9-11(3-2-4-14(9)20(23)24)16(22)25-8-15(21)19-13-6-5-10(18)7-12(13)17/h2-7H,8H2,1H3,(H,19,21). The minimum atomic E-state index is -0.874. The van der Waals surface area contributed by atoms with Crippen LogP contribution in [0.5, 0.6) is 0 Å². The lowest BCUT2D eigenvalue weighted by Gasteiger charge is -2.09. The molecule has 0 saturated carbocycles. The molecule has 0 heterocycles. The van der Waals surface area contributed by atoms with Crippen molar-refractivity contribution in [2.75, 3.05) is 11.9 Å². The number of ether oxygens (including phenoxy) is 1. The van der Waals surface area contributed by atoms with E-state index in [1.807, 2.05) is 0 Å². The lowest BCUT2D eigenvalue weighted by molar-refractivity contribution is -0.385. The first-order valence-electron chi connectivity index (χ1n) is 6.95. The number of esters is 1. The van der Waals surface area contributed by atoms with Gasteiger partial charge in [-0.25, -0.2) is 9.18 Å². The molecule has 0 bridgehead atoms. The number of hydrogen-bond donors (Lipinski definition) is 1. The van der Waals surface area contributed by atoms with Gasteiger partial charge in [-0.3, -0.25) is 14.9 Å². The summed E-state index contributed by atoms with van der Waals surface area (Å²) in [5.74, 6) is -2.12. The fourth-order valence-electron chi connectivity index (χ4n) is 2.03. The van der Waals surface area contributed by atoms with Crippen LogP contribution in [0.2, 0.25) is 5.02 Å². The van der Waals surface area contributed by atoms with Gasteiger partial charge in [0.15, 0.2) is 6.61 Å². The fraction of sp³-hybridized carbons (Fsp3) is 0.125. The molecule has 0 radical (unpaired) electrons. The first kappa shape index (κ1) is 18.3. The van der Waals surface area contributed by atoms with Gasteiger partial charge in [-0.05, 0) is 31.2 Å². The average molecular weight is 367 g/mol. The third kappa shape index (κ3) is 4.51. The summed E-state index contributed by atoms with van der Waals surface area (Å²) in [5, 5.41) is 13.2. The van der Waals surface area contributed by atoms with E-state index in [0.29, 0.717) is 0 Å². The molecule has 0 fully saturated rings. The number of nitrogens with one attached hydrogen (secondary N) is 1. The second-order valence-electron chi connectivity index (χ2n) is 4.96. The molecule has 0 atom stereocenters. The van der Waals surface area contributed by atoms with Crippen molar-refractivity contribution in [1.82, 2.24) is 0 Å². The van der Waals surface area contributed by atoms with Gasteiger partial charge >= 0.3 is 5.97 Å². The zero-order valence-electron chi connectivity index (χ0n) is 12.9. The third-order valence-electron chi connectivity index (χ3n) is 3.26. The summed E-state index contributed by atoms with van der Waals surface area (Å²) in [6.07, 6.45) is 0. The summed E-state index contributed by atoms with van der Waals surface area (Å²) < 4.78 is 17.8. The van der Waals surface area contributed by atoms with E-state index in [1.165, 1.54) is 31.2 Å². The van der Waals surface area contributed by atoms with Crippen molar-refractivity contribution in [2.45, 2.75) is 6.92 Å². The van der Waals surface area contributed by atoms with Gasteiger partial charge in [-0.2, -0.15) is 0 Å². The minimum absolute atomic E-state index is 0.00537. The fourth-order valence-corrected chi connectivity index (χ4v) is 2.24. The molecule has 2 rings (SSSR count). The molecule has 0 aliphatic carbocycles. The predicted octanol–water partition coefficient (Wildman–Crippen LogP) is 3.49. The van der Waals surface area contributed by atoms with Gasteiger partial charge in [0.25, 0.3) is 11.6 Å². The summed E-state index contributed by atoms with van der Waals surface area (Å²) in [5.41, 5.74) is 0.0638. The van der Waals surface area contributed by atoms with Gasteiger partial charge in [0.2, 0.25) is 0 Å². The molecule has 1 N–H and O–H groups in total. The summed E-state index contributed by atoms with van der Waals surface area (Å²) in [7, 11) is 0. The van der Waals surface area contributed by atoms with E-state index in [4.69, 9.17) is 16.3 Å². The first-order chi connectivity index (χ1) is 11.8. The average Bonchev–Trinajstić information content (AvgIpc) is 2.55. The number of hydrogen-bond acceptors (Lipinski definition) is 5. The molecule has 9 heteroatoms. The number of rotatable bonds is 5. The van der Waals surface area contributed by atoms with E-state index in [1.54, 1.807) is 0 Å².